The smallest absolute Gasteiger partial charge is 0.227 e. The molecule has 0 heterocycles. The molecule has 19 heavy (non-hydrogen) atoms. The largest absolute Gasteiger partial charge is 0.326 e. The predicted octanol–water partition coefficient (Wildman–Crippen LogP) is 1.47. The molecule has 1 aromatic carbocycles. The Hall–Kier alpha value is -1.40. The summed E-state index contributed by atoms with van der Waals surface area (Å²) in [6.07, 6.45) is 1.92. The van der Waals surface area contributed by atoms with Gasteiger partial charge in [0.1, 0.15) is 0 Å². The molecule has 0 radical (unpaired) electrons. The summed E-state index contributed by atoms with van der Waals surface area (Å²) in [5.74, 6) is 0.263. The first-order valence-corrected chi connectivity index (χ1v) is 8.02. The lowest BCUT2D eigenvalue weighted by Crippen LogP contribution is -2.24. The number of benzene rings is 1. The third-order valence-electron chi connectivity index (χ3n) is 3.02. The van der Waals surface area contributed by atoms with Crippen molar-refractivity contribution in [3.63, 3.8) is 0 Å². The highest BCUT2D eigenvalue weighted by Crippen LogP contribution is 2.30. The van der Waals surface area contributed by atoms with E-state index < -0.39 is 10.0 Å². The van der Waals surface area contributed by atoms with Gasteiger partial charge in [0.05, 0.1) is 5.75 Å². The van der Waals surface area contributed by atoms with Crippen LogP contribution in [0.5, 0.6) is 0 Å². The van der Waals surface area contributed by atoms with Crippen molar-refractivity contribution in [1.82, 2.24) is 4.72 Å². The first-order chi connectivity index (χ1) is 9.00. The number of amides is 1. The molecule has 6 heteroatoms. The van der Waals surface area contributed by atoms with Gasteiger partial charge in [-0.3, -0.25) is 4.79 Å². The third-order valence-corrected chi connectivity index (χ3v) is 4.36. The second kappa shape index (κ2) is 5.71. The Morgan fingerprint density at radius 2 is 2.11 bits per heavy atom. The molecular weight excluding hydrogens is 264 g/mol. The standard InChI is InChI=1S/C13H18N2O3S/c1-2-19(17,18)14-9-10-4-3-5-12(8-10)15-13(16)11-6-7-11/h3-5,8,11,14H,2,6-7,9H2,1H3,(H,15,16). The summed E-state index contributed by atoms with van der Waals surface area (Å²) in [5, 5.41) is 2.84. The molecule has 0 spiro atoms. The molecule has 1 aliphatic rings. The molecular formula is C13H18N2O3S. The monoisotopic (exact) mass is 282 g/mol. The molecule has 1 aromatic rings. The van der Waals surface area contributed by atoms with Gasteiger partial charge in [-0.2, -0.15) is 0 Å². The molecule has 5 nitrogen and oxygen atoms in total. The summed E-state index contributed by atoms with van der Waals surface area (Å²) in [5.41, 5.74) is 1.54. The first kappa shape index (κ1) is 14.0. The highest BCUT2D eigenvalue weighted by Gasteiger charge is 2.29. The van der Waals surface area contributed by atoms with Crippen molar-refractivity contribution in [1.29, 1.82) is 0 Å². The van der Waals surface area contributed by atoms with E-state index >= 15 is 0 Å². The SMILES string of the molecule is CCS(=O)(=O)NCc1cccc(NC(=O)C2CC2)c1. The number of anilines is 1. The molecule has 1 fully saturated rings. The van der Waals surface area contributed by atoms with Crippen LogP contribution in [-0.2, 0) is 21.4 Å². The Balaban J connectivity index is 1.96. The van der Waals surface area contributed by atoms with Gasteiger partial charge in [-0.1, -0.05) is 12.1 Å². The Bertz CT molecular complexity index is 565. The number of nitrogens with one attached hydrogen (secondary N) is 2. The van der Waals surface area contributed by atoms with Crippen molar-refractivity contribution in [2.24, 2.45) is 5.92 Å². The van der Waals surface area contributed by atoms with Crippen LogP contribution in [-0.4, -0.2) is 20.1 Å². The summed E-state index contributed by atoms with van der Waals surface area (Å²) in [6, 6.07) is 7.22. The Kier molecular flexibility index (Phi) is 4.21. The lowest BCUT2D eigenvalue weighted by molar-refractivity contribution is -0.117. The van der Waals surface area contributed by atoms with Crippen molar-refractivity contribution in [3.8, 4) is 0 Å². The normalized spacial score (nSPS) is 15.2. The van der Waals surface area contributed by atoms with Crippen molar-refractivity contribution < 1.29 is 13.2 Å². The van der Waals surface area contributed by atoms with E-state index in [0.717, 1.165) is 18.4 Å². The van der Waals surface area contributed by atoms with Crippen LogP contribution in [0.1, 0.15) is 25.3 Å². The van der Waals surface area contributed by atoms with Gasteiger partial charge < -0.3 is 5.32 Å². The van der Waals surface area contributed by atoms with E-state index in [2.05, 4.69) is 10.0 Å². The molecule has 0 aromatic heterocycles. The molecule has 1 saturated carbocycles. The maximum atomic E-state index is 11.6. The van der Waals surface area contributed by atoms with Crippen LogP contribution >= 0.6 is 0 Å². The third kappa shape index (κ3) is 4.33. The zero-order valence-corrected chi connectivity index (χ0v) is 11.7. The molecule has 0 saturated heterocycles. The molecule has 104 valence electrons. The minimum absolute atomic E-state index is 0.0475. The van der Waals surface area contributed by atoms with Gasteiger partial charge >= 0.3 is 0 Å². The number of hydrogen-bond donors (Lipinski definition) is 2. The minimum atomic E-state index is -3.19. The number of carbonyl (C=O) groups excluding carboxylic acids is 1. The van der Waals surface area contributed by atoms with E-state index in [4.69, 9.17) is 0 Å². The molecule has 1 amide bonds. The van der Waals surface area contributed by atoms with Crippen LogP contribution in [0.25, 0.3) is 0 Å². The molecule has 0 bridgehead atoms. The van der Waals surface area contributed by atoms with E-state index in [1.54, 1.807) is 25.1 Å². The average molecular weight is 282 g/mol. The molecule has 0 aliphatic heterocycles. The summed E-state index contributed by atoms with van der Waals surface area (Å²) in [7, 11) is -3.19. The van der Waals surface area contributed by atoms with Crippen molar-refractivity contribution in [3.05, 3.63) is 29.8 Å². The van der Waals surface area contributed by atoms with Crippen LogP contribution < -0.4 is 10.0 Å². The van der Waals surface area contributed by atoms with Crippen LogP contribution in [0.2, 0.25) is 0 Å². The van der Waals surface area contributed by atoms with Crippen LogP contribution in [0.4, 0.5) is 5.69 Å². The summed E-state index contributed by atoms with van der Waals surface area (Å²) >= 11 is 0. The van der Waals surface area contributed by atoms with Crippen molar-refractivity contribution in [2.45, 2.75) is 26.3 Å². The number of hydrogen-bond acceptors (Lipinski definition) is 3. The first-order valence-electron chi connectivity index (χ1n) is 6.37. The predicted molar refractivity (Wildman–Crippen MR) is 74.1 cm³/mol. The molecule has 0 atom stereocenters. The highest BCUT2D eigenvalue weighted by atomic mass is 32.2. The Morgan fingerprint density at radius 1 is 1.37 bits per heavy atom. The average Bonchev–Trinajstić information content (AvgIpc) is 3.21. The summed E-state index contributed by atoms with van der Waals surface area (Å²) in [6.45, 7) is 1.83. The quantitative estimate of drug-likeness (QED) is 0.829. The fourth-order valence-corrected chi connectivity index (χ4v) is 2.23. The summed E-state index contributed by atoms with van der Waals surface area (Å²) < 4.78 is 25.2. The van der Waals surface area contributed by atoms with Gasteiger partial charge in [0.2, 0.25) is 15.9 Å². The molecule has 0 unspecified atom stereocenters. The molecule has 1 aliphatic carbocycles. The fraction of sp³-hybridized carbons (Fsp3) is 0.462. The maximum absolute atomic E-state index is 11.6. The second-order valence-corrected chi connectivity index (χ2v) is 6.78. The van der Waals surface area contributed by atoms with Gasteiger partial charge in [0.25, 0.3) is 0 Å². The van der Waals surface area contributed by atoms with Gasteiger partial charge in [0, 0.05) is 18.2 Å². The van der Waals surface area contributed by atoms with Crippen molar-refractivity contribution >= 4 is 21.6 Å². The zero-order valence-electron chi connectivity index (χ0n) is 10.8. The minimum Gasteiger partial charge on any atom is -0.326 e. The van der Waals surface area contributed by atoms with Crippen molar-refractivity contribution in [2.75, 3.05) is 11.1 Å². The molecule has 2 rings (SSSR count). The highest BCUT2D eigenvalue weighted by molar-refractivity contribution is 7.89. The van der Waals surface area contributed by atoms with Gasteiger partial charge in [-0.25, -0.2) is 13.1 Å². The second-order valence-electron chi connectivity index (χ2n) is 4.69. The number of carbonyl (C=O) groups is 1. The van der Waals surface area contributed by atoms with E-state index in [1.165, 1.54) is 0 Å². The van der Waals surface area contributed by atoms with Gasteiger partial charge in [-0.15, -0.1) is 0 Å². The van der Waals surface area contributed by atoms with E-state index in [-0.39, 0.29) is 24.1 Å². The van der Waals surface area contributed by atoms with Crippen LogP contribution in [0.3, 0.4) is 0 Å². The van der Waals surface area contributed by atoms with Gasteiger partial charge in [-0.05, 0) is 37.5 Å². The number of rotatable bonds is 6. The lowest BCUT2D eigenvalue weighted by Gasteiger charge is -2.08. The van der Waals surface area contributed by atoms with Crippen LogP contribution in [0.15, 0.2) is 24.3 Å². The summed E-state index contributed by atoms with van der Waals surface area (Å²) in [4.78, 5) is 11.6. The molecule has 2 N–H and O–H groups in total. The van der Waals surface area contributed by atoms with Gasteiger partial charge in [0.15, 0.2) is 0 Å². The van der Waals surface area contributed by atoms with Crippen LogP contribution in [0, 0.1) is 5.92 Å². The fourth-order valence-electron chi connectivity index (χ4n) is 1.64. The topological polar surface area (TPSA) is 75.3 Å². The van der Waals surface area contributed by atoms with E-state index in [0.29, 0.717) is 5.69 Å². The Morgan fingerprint density at radius 3 is 2.74 bits per heavy atom. The van der Waals surface area contributed by atoms with E-state index in [1.807, 2.05) is 6.07 Å². The van der Waals surface area contributed by atoms with E-state index in [9.17, 15) is 13.2 Å². The maximum Gasteiger partial charge on any atom is 0.227 e. The Labute approximate surface area is 113 Å². The number of sulfonamides is 1. The lowest BCUT2D eigenvalue weighted by atomic mass is 10.2. The zero-order chi connectivity index (χ0) is 13.9.